The van der Waals surface area contributed by atoms with E-state index in [2.05, 4.69) is 5.32 Å². The summed E-state index contributed by atoms with van der Waals surface area (Å²) in [5.74, 6) is -0.0989. The predicted octanol–water partition coefficient (Wildman–Crippen LogP) is 4.47. The van der Waals surface area contributed by atoms with Gasteiger partial charge in [0, 0.05) is 22.1 Å². The van der Waals surface area contributed by atoms with Gasteiger partial charge in [-0.25, -0.2) is 4.79 Å². The summed E-state index contributed by atoms with van der Waals surface area (Å²) in [5.41, 5.74) is 2.14. The van der Waals surface area contributed by atoms with Crippen LogP contribution in [0.25, 0.3) is 10.8 Å². The molecule has 23 heavy (non-hydrogen) atoms. The number of hydrogen-bond donors (Lipinski definition) is 2. The number of phenolic OH excluding ortho intramolecular Hbond substituents is 1. The summed E-state index contributed by atoms with van der Waals surface area (Å²) in [6.45, 7) is 2.13. The Kier molecular flexibility index (Phi) is 4.15. The SMILES string of the molecule is CCOC(=O)c1cccc(Nc2cccc3c(O)cccc23)c1. The Balaban J connectivity index is 1.95. The highest BCUT2D eigenvalue weighted by Gasteiger charge is 2.08. The minimum atomic E-state index is -0.341. The van der Waals surface area contributed by atoms with Crippen LogP contribution in [0, 0.1) is 0 Å². The maximum atomic E-state index is 11.8. The normalized spacial score (nSPS) is 10.5. The smallest absolute Gasteiger partial charge is 0.338 e. The van der Waals surface area contributed by atoms with Gasteiger partial charge in [0.05, 0.1) is 12.2 Å². The van der Waals surface area contributed by atoms with Crippen LogP contribution >= 0.6 is 0 Å². The topological polar surface area (TPSA) is 58.6 Å². The number of fused-ring (bicyclic) bond motifs is 1. The van der Waals surface area contributed by atoms with Crippen molar-refractivity contribution in [1.29, 1.82) is 0 Å². The van der Waals surface area contributed by atoms with Crippen molar-refractivity contribution in [1.82, 2.24) is 0 Å². The first-order valence-corrected chi connectivity index (χ1v) is 7.44. The highest BCUT2D eigenvalue weighted by molar-refractivity contribution is 5.99. The van der Waals surface area contributed by atoms with Crippen molar-refractivity contribution in [3.63, 3.8) is 0 Å². The average Bonchev–Trinajstić information content (AvgIpc) is 2.56. The Morgan fingerprint density at radius 3 is 2.61 bits per heavy atom. The third-order valence-corrected chi connectivity index (χ3v) is 3.55. The Morgan fingerprint density at radius 2 is 1.78 bits per heavy atom. The molecule has 0 unspecified atom stereocenters. The number of esters is 1. The maximum Gasteiger partial charge on any atom is 0.338 e. The molecule has 0 aliphatic rings. The molecular weight excluding hydrogens is 290 g/mol. The van der Waals surface area contributed by atoms with Gasteiger partial charge in [0.1, 0.15) is 5.75 Å². The van der Waals surface area contributed by atoms with Gasteiger partial charge in [-0.1, -0.05) is 30.3 Å². The van der Waals surface area contributed by atoms with Crippen molar-refractivity contribution < 1.29 is 14.6 Å². The van der Waals surface area contributed by atoms with Crippen molar-refractivity contribution in [3.8, 4) is 5.75 Å². The van der Waals surface area contributed by atoms with E-state index in [0.29, 0.717) is 12.2 Å². The van der Waals surface area contributed by atoms with Gasteiger partial charge in [-0.05, 0) is 37.3 Å². The van der Waals surface area contributed by atoms with E-state index in [1.807, 2.05) is 30.3 Å². The molecule has 0 fully saturated rings. The molecule has 3 aromatic carbocycles. The second-order valence-corrected chi connectivity index (χ2v) is 5.10. The zero-order chi connectivity index (χ0) is 16.2. The number of aromatic hydroxyl groups is 1. The Hall–Kier alpha value is -3.01. The molecule has 0 heterocycles. The summed E-state index contributed by atoms with van der Waals surface area (Å²) in [5, 5.41) is 14.9. The van der Waals surface area contributed by atoms with Crippen molar-refractivity contribution in [2.24, 2.45) is 0 Å². The summed E-state index contributed by atoms with van der Waals surface area (Å²) in [4.78, 5) is 11.8. The molecule has 0 saturated carbocycles. The summed E-state index contributed by atoms with van der Waals surface area (Å²) in [7, 11) is 0. The quantitative estimate of drug-likeness (QED) is 0.698. The number of benzene rings is 3. The Labute approximate surface area is 134 Å². The monoisotopic (exact) mass is 307 g/mol. The second-order valence-electron chi connectivity index (χ2n) is 5.10. The largest absolute Gasteiger partial charge is 0.507 e. The van der Waals surface area contributed by atoms with Gasteiger partial charge in [0.2, 0.25) is 0 Å². The van der Waals surface area contributed by atoms with Gasteiger partial charge < -0.3 is 15.2 Å². The van der Waals surface area contributed by atoms with E-state index in [9.17, 15) is 9.90 Å². The molecule has 0 saturated heterocycles. The summed E-state index contributed by atoms with van der Waals surface area (Å²) in [6.07, 6.45) is 0. The van der Waals surface area contributed by atoms with Crippen LogP contribution in [0.5, 0.6) is 5.75 Å². The molecule has 0 aliphatic carbocycles. The molecule has 3 rings (SSSR count). The first-order valence-electron chi connectivity index (χ1n) is 7.44. The molecule has 0 aromatic heterocycles. The van der Waals surface area contributed by atoms with Crippen LogP contribution in [0.4, 0.5) is 11.4 Å². The van der Waals surface area contributed by atoms with Crippen LogP contribution < -0.4 is 5.32 Å². The van der Waals surface area contributed by atoms with Crippen LogP contribution in [0.2, 0.25) is 0 Å². The Bertz CT molecular complexity index is 858. The lowest BCUT2D eigenvalue weighted by Crippen LogP contribution is -2.04. The van der Waals surface area contributed by atoms with E-state index >= 15 is 0 Å². The zero-order valence-corrected chi connectivity index (χ0v) is 12.7. The molecule has 4 nitrogen and oxygen atoms in total. The zero-order valence-electron chi connectivity index (χ0n) is 12.7. The lowest BCUT2D eigenvalue weighted by Gasteiger charge is -2.11. The molecule has 0 bridgehead atoms. The van der Waals surface area contributed by atoms with Gasteiger partial charge >= 0.3 is 5.97 Å². The number of hydrogen-bond acceptors (Lipinski definition) is 4. The van der Waals surface area contributed by atoms with Crippen molar-refractivity contribution >= 4 is 28.1 Å². The number of phenols is 1. The molecule has 0 amide bonds. The number of ether oxygens (including phenoxy) is 1. The molecule has 3 aromatic rings. The Morgan fingerprint density at radius 1 is 1.04 bits per heavy atom. The van der Waals surface area contributed by atoms with Crippen LogP contribution in [0.1, 0.15) is 17.3 Å². The van der Waals surface area contributed by atoms with Gasteiger partial charge in [0.25, 0.3) is 0 Å². The number of rotatable bonds is 4. The lowest BCUT2D eigenvalue weighted by molar-refractivity contribution is 0.0526. The van der Waals surface area contributed by atoms with Crippen molar-refractivity contribution in [2.75, 3.05) is 11.9 Å². The molecule has 116 valence electrons. The highest BCUT2D eigenvalue weighted by atomic mass is 16.5. The fraction of sp³-hybridized carbons (Fsp3) is 0.105. The summed E-state index contributed by atoms with van der Waals surface area (Å²) < 4.78 is 5.02. The second kappa shape index (κ2) is 6.40. The number of nitrogens with one attached hydrogen (secondary N) is 1. The molecule has 2 N–H and O–H groups in total. The van der Waals surface area contributed by atoms with Crippen LogP contribution in [-0.2, 0) is 4.74 Å². The minimum absolute atomic E-state index is 0.242. The van der Waals surface area contributed by atoms with Gasteiger partial charge in [-0.3, -0.25) is 0 Å². The third-order valence-electron chi connectivity index (χ3n) is 3.55. The first kappa shape index (κ1) is 14.9. The number of carbonyl (C=O) groups is 1. The van der Waals surface area contributed by atoms with Gasteiger partial charge in [-0.2, -0.15) is 0 Å². The standard InChI is InChI=1S/C19H17NO3/c1-2-23-19(22)13-6-3-7-14(12-13)20-17-10-4-9-16-15(17)8-5-11-18(16)21/h3-12,20-21H,2H2,1H3. The van der Waals surface area contributed by atoms with Crippen LogP contribution in [0.3, 0.4) is 0 Å². The minimum Gasteiger partial charge on any atom is -0.507 e. The highest BCUT2D eigenvalue weighted by Crippen LogP contribution is 2.31. The van der Waals surface area contributed by atoms with Crippen LogP contribution in [-0.4, -0.2) is 17.7 Å². The maximum absolute atomic E-state index is 11.8. The van der Waals surface area contributed by atoms with E-state index in [1.54, 1.807) is 37.3 Å². The molecule has 0 radical (unpaired) electrons. The predicted molar refractivity (Wildman–Crippen MR) is 91.3 cm³/mol. The molecule has 0 spiro atoms. The molecular formula is C19H17NO3. The fourth-order valence-electron chi connectivity index (χ4n) is 2.50. The van der Waals surface area contributed by atoms with Gasteiger partial charge in [0.15, 0.2) is 0 Å². The third kappa shape index (κ3) is 3.11. The lowest BCUT2D eigenvalue weighted by atomic mass is 10.1. The average molecular weight is 307 g/mol. The van der Waals surface area contributed by atoms with E-state index in [4.69, 9.17) is 4.74 Å². The van der Waals surface area contributed by atoms with Crippen molar-refractivity contribution in [3.05, 3.63) is 66.2 Å². The van der Waals surface area contributed by atoms with Crippen molar-refractivity contribution in [2.45, 2.75) is 6.92 Å². The van der Waals surface area contributed by atoms with E-state index in [0.717, 1.165) is 22.1 Å². The number of anilines is 2. The van der Waals surface area contributed by atoms with Crippen LogP contribution in [0.15, 0.2) is 60.7 Å². The fourth-order valence-corrected chi connectivity index (χ4v) is 2.50. The summed E-state index contributed by atoms with van der Waals surface area (Å²) in [6, 6.07) is 18.2. The molecule has 0 aliphatic heterocycles. The molecule has 0 atom stereocenters. The van der Waals surface area contributed by atoms with E-state index in [1.165, 1.54) is 0 Å². The molecule has 4 heteroatoms. The van der Waals surface area contributed by atoms with Gasteiger partial charge in [-0.15, -0.1) is 0 Å². The van der Waals surface area contributed by atoms with E-state index in [-0.39, 0.29) is 11.7 Å². The first-order chi connectivity index (χ1) is 11.2. The number of carbonyl (C=O) groups excluding carboxylic acids is 1. The van der Waals surface area contributed by atoms with E-state index < -0.39 is 0 Å². The summed E-state index contributed by atoms with van der Waals surface area (Å²) >= 11 is 0.